The highest BCUT2D eigenvalue weighted by atomic mass is 127. The predicted octanol–water partition coefficient (Wildman–Crippen LogP) is 4.73. The first kappa shape index (κ1) is 15.7. The third-order valence-corrected chi connectivity index (χ3v) is 4.36. The Morgan fingerprint density at radius 1 is 1.25 bits per heavy atom. The standard InChI is InChI=1S/C15H13ClF2IN/c1-20-14(11-8-10(16)5-6-13(11)19)7-9-3-2-4-12(17)15(9)18/h2-6,8,14,20H,7H2,1H3. The van der Waals surface area contributed by atoms with Gasteiger partial charge in [0.15, 0.2) is 11.6 Å². The molecule has 0 amide bonds. The molecule has 0 aliphatic heterocycles. The lowest BCUT2D eigenvalue weighted by atomic mass is 9.98. The number of benzene rings is 2. The molecular formula is C15H13ClF2IN. The minimum Gasteiger partial charge on any atom is -0.313 e. The summed E-state index contributed by atoms with van der Waals surface area (Å²) in [4.78, 5) is 0. The zero-order valence-corrected chi connectivity index (χ0v) is 13.7. The molecule has 1 unspecified atom stereocenters. The molecule has 1 nitrogen and oxygen atoms in total. The van der Waals surface area contributed by atoms with Crippen molar-refractivity contribution in [2.45, 2.75) is 12.5 Å². The van der Waals surface area contributed by atoms with Crippen LogP contribution in [-0.4, -0.2) is 7.05 Å². The van der Waals surface area contributed by atoms with Crippen LogP contribution in [0.25, 0.3) is 0 Å². The zero-order valence-electron chi connectivity index (χ0n) is 10.8. The molecular weight excluding hydrogens is 395 g/mol. The molecule has 0 saturated carbocycles. The molecule has 0 radical (unpaired) electrons. The minimum absolute atomic E-state index is 0.128. The van der Waals surface area contributed by atoms with E-state index in [4.69, 9.17) is 11.6 Å². The van der Waals surface area contributed by atoms with Gasteiger partial charge < -0.3 is 5.32 Å². The number of halogens is 4. The number of hydrogen-bond acceptors (Lipinski definition) is 1. The average molecular weight is 408 g/mol. The monoisotopic (exact) mass is 407 g/mol. The molecule has 2 aromatic carbocycles. The molecule has 2 rings (SSSR count). The van der Waals surface area contributed by atoms with Gasteiger partial charge in [-0.25, -0.2) is 8.78 Å². The predicted molar refractivity (Wildman–Crippen MR) is 86.0 cm³/mol. The Balaban J connectivity index is 2.34. The molecule has 0 aliphatic carbocycles. The molecule has 0 spiro atoms. The van der Waals surface area contributed by atoms with E-state index in [0.29, 0.717) is 17.0 Å². The van der Waals surface area contributed by atoms with Crippen molar-refractivity contribution in [1.82, 2.24) is 5.32 Å². The first-order valence-electron chi connectivity index (χ1n) is 6.08. The lowest BCUT2D eigenvalue weighted by molar-refractivity contribution is 0.486. The zero-order chi connectivity index (χ0) is 14.7. The molecule has 0 bridgehead atoms. The van der Waals surface area contributed by atoms with Crippen LogP contribution >= 0.6 is 34.2 Å². The fraction of sp³-hybridized carbons (Fsp3) is 0.200. The second-order valence-electron chi connectivity index (χ2n) is 4.42. The summed E-state index contributed by atoms with van der Waals surface area (Å²) in [5.74, 6) is -1.61. The molecule has 1 atom stereocenters. The maximum Gasteiger partial charge on any atom is 0.162 e. The van der Waals surface area contributed by atoms with Crippen LogP contribution in [0.4, 0.5) is 8.78 Å². The van der Waals surface area contributed by atoms with Crippen molar-refractivity contribution in [1.29, 1.82) is 0 Å². The second kappa shape index (κ2) is 6.83. The van der Waals surface area contributed by atoms with Crippen molar-refractivity contribution in [3.05, 3.63) is 67.8 Å². The molecule has 106 valence electrons. The van der Waals surface area contributed by atoms with Gasteiger partial charge in [0.05, 0.1) is 0 Å². The van der Waals surface area contributed by atoms with E-state index in [1.807, 2.05) is 18.2 Å². The van der Waals surface area contributed by atoms with E-state index in [2.05, 4.69) is 27.9 Å². The van der Waals surface area contributed by atoms with Gasteiger partial charge in [-0.15, -0.1) is 0 Å². The topological polar surface area (TPSA) is 12.0 Å². The van der Waals surface area contributed by atoms with Gasteiger partial charge in [-0.2, -0.15) is 0 Å². The number of likely N-dealkylation sites (N-methyl/N-ethyl adjacent to an activating group) is 1. The maximum atomic E-state index is 13.8. The number of rotatable bonds is 4. The Morgan fingerprint density at radius 2 is 2.00 bits per heavy atom. The first-order valence-corrected chi connectivity index (χ1v) is 7.53. The largest absolute Gasteiger partial charge is 0.313 e. The van der Waals surface area contributed by atoms with E-state index in [-0.39, 0.29) is 6.04 Å². The second-order valence-corrected chi connectivity index (χ2v) is 6.02. The molecule has 0 fully saturated rings. The summed E-state index contributed by atoms with van der Waals surface area (Å²) in [6, 6.07) is 9.67. The van der Waals surface area contributed by atoms with Crippen molar-refractivity contribution in [3.8, 4) is 0 Å². The van der Waals surface area contributed by atoms with Gasteiger partial charge in [0.25, 0.3) is 0 Å². The van der Waals surface area contributed by atoms with E-state index < -0.39 is 11.6 Å². The fourth-order valence-corrected chi connectivity index (χ4v) is 2.97. The van der Waals surface area contributed by atoms with Crippen molar-refractivity contribution < 1.29 is 8.78 Å². The molecule has 0 heterocycles. The molecule has 5 heteroatoms. The van der Waals surface area contributed by atoms with Crippen LogP contribution in [-0.2, 0) is 6.42 Å². The minimum atomic E-state index is -0.821. The number of hydrogen-bond donors (Lipinski definition) is 1. The molecule has 0 saturated heterocycles. The van der Waals surface area contributed by atoms with E-state index >= 15 is 0 Å². The summed E-state index contributed by atoms with van der Waals surface area (Å²) in [6.45, 7) is 0. The fourth-order valence-electron chi connectivity index (χ4n) is 2.08. The van der Waals surface area contributed by atoms with Gasteiger partial charge in [0.2, 0.25) is 0 Å². The van der Waals surface area contributed by atoms with Gasteiger partial charge in [-0.1, -0.05) is 23.7 Å². The lowest BCUT2D eigenvalue weighted by Gasteiger charge is -2.19. The van der Waals surface area contributed by atoms with Crippen LogP contribution in [0.1, 0.15) is 17.2 Å². The average Bonchev–Trinajstić information content (AvgIpc) is 2.43. The van der Waals surface area contributed by atoms with Crippen LogP contribution in [0.2, 0.25) is 5.02 Å². The van der Waals surface area contributed by atoms with Gasteiger partial charge in [0, 0.05) is 14.6 Å². The maximum absolute atomic E-state index is 13.8. The van der Waals surface area contributed by atoms with E-state index in [1.54, 1.807) is 13.1 Å². The van der Waals surface area contributed by atoms with Crippen molar-refractivity contribution in [3.63, 3.8) is 0 Å². The van der Waals surface area contributed by atoms with Gasteiger partial charge >= 0.3 is 0 Å². The van der Waals surface area contributed by atoms with Crippen LogP contribution in [0.5, 0.6) is 0 Å². The molecule has 0 aliphatic rings. The van der Waals surface area contributed by atoms with Crippen molar-refractivity contribution in [2.24, 2.45) is 0 Å². The Hall–Kier alpha value is -0.720. The van der Waals surface area contributed by atoms with Crippen LogP contribution < -0.4 is 5.32 Å². The molecule has 2 aromatic rings. The Bertz CT molecular complexity index is 619. The molecule has 20 heavy (non-hydrogen) atoms. The highest BCUT2D eigenvalue weighted by molar-refractivity contribution is 14.1. The summed E-state index contributed by atoms with van der Waals surface area (Å²) >= 11 is 8.22. The summed E-state index contributed by atoms with van der Waals surface area (Å²) < 4.78 is 28.1. The third kappa shape index (κ3) is 3.48. The van der Waals surface area contributed by atoms with Crippen LogP contribution in [0.15, 0.2) is 36.4 Å². The smallest absolute Gasteiger partial charge is 0.162 e. The highest BCUT2D eigenvalue weighted by Crippen LogP contribution is 2.27. The van der Waals surface area contributed by atoms with Crippen molar-refractivity contribution >= 4 is 34.2 Å². The highest BCUT2D eigenvalue weighted by Gasteiger charge is 2.17. The summed E-state index contributed by atoms with van der Waals surface area (Å²) in [5, 5.41) is 3.75. The quantitative estimate of drug-likeness (QED) is 0.723. The Labute approximate surface area is 135 Å². The van der Waals surface area contributed by atoms with E-state index in [1.165, 1.54) is 6.07 Å². The Kier molecular flexibility index (Phi) is 5.35. The lowest BCUT2D eigenvalue weighted by Crippen LogP contribution is -2.20. The molecule has 1 N–H and O–H groups in total. The first-order chi connectivity index (χ1) is 9.52. The summed E-state index contributed by atoms with van der Waals surface area (Å²) in [6.07, 6.45) is 0.358. The van der Waals surface area contributed by atoms with Gasteiger partial charge in [0.1, 0.15) is 0 Å². The van der Waals surface area contributed by atoms with Gasteiger partial charge in [-0.05, 0) is 71.5 Å². The van der Waals surface area contributed by atoms with E-state index in [0.717, 1.165) is 15.2 Å². The van der Waals surface area contributed by atoms with Crippen molar-refractivity contribution in [2.75, 3.05) is 7.05 Å². The summed E-state index contributed by atoms with van der Waals surface area (Å²) in [5.41, 5.74) is 1.32. The van der Waals surface area contributed by atoms with Crippen LogP contribution in [0.3, 0.4) is 0 Å². The third-order valence-electron chi connectivity index (χ3n) is 3.14. The normalized spacial score (nSPS) is 12.4. The van der Waals surface area contributed by atoms with Crippen LogP contribution in [0, 0.1) is 15.2 Å². The Morgan fingerprint density at radius 3 is 2.70 bits per heavy atom. The van der Waals surface area contributed by atoms with E-state index in [9.17, 15) is 8.78 Å². The SMILES string of the molecule is CNC(Cc1cccc(F)c1F)c1cc(Cl)ccc1I. The van der Waals surface area contributed by atoms with Gasteiger partial charge in [-0.3, -0.25) is 0 Å². The molecule has 0 aromatic heterocycles. The number of nitrogens with one attached hydrogen (secondary N) is 1. The summed E-state index contributed by atoms with van der Waals surface area (Å²) in [7, 11) is 1.79.